The van der Waals surface area contributed by atoms with Gasteiger partial charge in [0, 0.05) is 141 Å². The van der Waals surface area contributed by atoms with Gasteiger partial charge in [0.25, 0.3) is 0 Å². The number of benzene rings is 3. The van der Waals surface area contributed by atoms with E-state index in [0.717, 1.165) is 129 Å². The fourth-order valence-corrected chi connectivity index (χ4v) is 9.59. The maximum atomic E-state index is 12.1. The number of aliphatic hydroxyl groups is 1. The molecule has 0 unspecified atom stereocenters. The largest absolute Gasteiger partial charge is 1.00 e. The van der Waals surface area contributed by atoms with Crippen LogP contribution in [0.25, 0.3) is 0 Å². The molecule has 4 aromatic heterocycles. The molecular weight excluding hydrogens is 1100 g/mol. The first-order valence-corrected chi connectivity index (χ1v) is 28.0. The topological polar surface area (TPSA) is 235 Å². The van der Waals surface area contributed by atoms with Crippen molar-refractivity contribution in [2.75, 3.05) is 52.4 Å². The van der Waals surface area contributed by atoms with Crippen LogP contribution in [0.4, 0.5) is 4.39 Å². The second-order valence-electron chi connectivity index (χ2n) is 20.5. The van der Waals surface area contributed by atoms with E-state index in [1.807, 2.05) is 104 Å². The molecule has 0 radical (unpaired) electrons. The molecular formula is C65H75FN10Na2O7. The molecule has 4 saturated heterocycles. The third kappa shape index (κ3) is 27.3. The minimum Gasteiger partial charge on any atom is -1.00 e. The number of nitriles is 2. The first-order valence-electron chi connectivity index (χ1n) is 28.0. The molecule has 436 valence electrons. The molecule has 4 aliphatic rings. The number of pyridine rings is 4. The van der Waals surface area contributed by atoms with Gasteiger partial charge in [-0.2, -0.15) is 10.5 Å². The molecule has 4 aliphatic heterocycles. The first-order chi connectivity index (χ1) is 40.0. The van der Waals surface area contributed by atoms with Crippen molar-refractivity contribution in [3.63, 3.8) is 0 Å². The van der Waals surface area contributed by atoms with Crippen molar-refractivity contribution in [1.29, 1.82) is 10.5 Å². The number of aromatic nitrogens is 4. The van der Waals surface area contributed by atoms with Gasteiger partial charge in [-0.3, -0.25) is 44.3 Å². The second kappa shape index (κ2) is 40.1. The molecule has 3 N–H and O–H groups in total. The molecule has 0 amide bonds. The Hall–Kier alpha value is -6.33. The number of ether oxygens (including phenoxy) is 2. The van der Waals surface area contributed by atoms with Gasteiger partial charge < -0.3 is 26.6 Å². The van der Waals surface area contributed by atoms with Crippen LogP contribution in [0.1, 0.15) is 96.5 Å². The van der Waals surface area contributed by atoms with Crippen LogP contribution in [-0.4, -0.2) is 138 Å². The Kier molecular flexibility index (Phi) is 33.6. The summed E-state index contributed by atoms with van der Waals surface area (Å²) in [7, 11) is 0. The Labute approximate surface area is 544 Å². The number of rotatable bonds is 13. The summed E-state index contributed by atoms with van der Waals surface area (Å²) in [5, 5.41) is 35.3. The van der Waals surface area contributed by atoms with Crippen molar-refractivity contribution < 1.29 is 99.7 Å². The number of likely N-dealkylation sites (tertiary alicyclic amines) is 4. The number of hydrogen-bond donors (Lipinski definition) is 2. The molecule has 11 rings (SSSR count). The number of carbonyl (C=O) groups is 2. The van der Waals surface area contributed by atoms with Gasteiger partial charge in [0.2, 0.25) is 0 Å². The number of aliphatic hydroxyl groups excluding tert-OH is 1. The van der Waals surface area contributed by atoms with Crippen LogP contribution in [0.3, 0.4) is 0 Å². The summed E-state index contributed by atoms with van der Waals surface area (Å²) in [6, 6.07) is 39.8. The van der Waals surface area contributed by atoms with Crippen LogP contribution in [0.5, 0.6) is 11.5 Å². The number of nitrogens with zero attached hydrogens (tertiary/aromatic N) is 10. The van der Waals surface area contributed by atoms with Crippen molar-refractivity contribution in [2.45, 2.75) is 95.9 Å². The van der Waals surface area contributed by atoms with Crippen molar-refractivity contribution in [3.05, 3.63) is 216 Å². The van der Waals surface area contributed by atoms with Crippen molar-refractivity contribution >= 4 is 11.8 Å². The number of aromatic carboxylic acids is 1. The van der Waals surface area contributed by atoms with Gasteiger partial charge >= 0.3 is 65.1 Å². The van der Waals surface area contributed by atoms with Crippen LogP contribution >= 0.6 is 0 Å². The normalized spacial score (nSPS) is 15.7. The summed E-state index contributed by atoms with van der Waals surface area (Å²) in [5.41, 5.74) is 6.59. The van der Waals surface area contributed by atoms with E-state index in [1.165, 1.54) is 46.5 Å². The van der Waals surface area contributed by atoms with E-state index in [9.17, 15) is 19.1 Å². The van der Waals surface area contributed by atoms with E-state index in [-0.39, 0.29) is 95.7 Å². The van der Waals surface area contributed by atoms with Crippen LogP contribution in [0.2, 0.25) is 0 Å². The molecule has 17 nitrogen and oxygen atoms in total. The number of piperidine rings is 4. The van der Waals surface area contributed by atoms with Crippen LogP contribution in [-0.2, 0) is 31.0 Å². The van der Waals surface area contributed by atoms with Gasteiger partial charge in [-0.05, 0) is 182 Å². The van der Waals surface area contributed by atoms with Crippen LogP contribution in [0.15, 0.2) is 171 Å². The maximum absolute atomic E-state index is 12.1. The van der Waals surface area contributed by atoms with E-state index >= 15 is 0 Å². The van der Waals surface area contributed by atoms with Crippen LogP contribution in [0, 0.1) is 28.5 Å². The van der Waals surface area contributed by atoms with E-state index in [0.29, 0.717) is 29.8 Å². The fraction of sp³-hybridized carbons (Fsp3) is 0.354. The quantitative estimate of drug-likeness (QED) is 0.157. The Morgan fingerprint density at radius 1 is 0.494 bits per heavy atom. The van der Waals surface area contributed by atoms with E-state index < -0.39 is 5.97 Å². The average Bonchev–Trinajstić information content (AvgIpc) is 3.64. The number of carboxylic acid groups (broad SMARTS) is 1. The van der Waals surface area contributed by atoms with Gasteiger partial charge in [0.1, 0.15) is 35.3 Å². The summed E-state index contributed by atoms with van der Waals surface area (Å²) >= 11 is 0. The summed E-state index contributed by atoms with van der Waals surface area (Å²) in [6.07, 6.45) is 22.3. The molecule has 0 bridgehead atoms. The number of ketones is 1. The van der Waals surface area contributed by atoms with Crippen molar-refractivity contribution in [2.24, 2.45) is 0 Å². The van der Waals surface area contributed by atoms with Gasteiger partial charge in [0.05, 0.1) is 34.9 Å². The second-order valence-corrected chi connectivity index (χ2v) is 20.5. The number of hydrogen-bond acceptors (Lipinski definition) is 16. The molecule has 3 aromatic carbocycles. The van der Waals surface area contributed by atoms with Crippen molar-refractivity contribution in [1.82, 2.24) is 39.5 Å². The monoisotopic (exact) mass is 1170 g/mol. The Bertz CT molecular complexity index is 3020. The van der Waals surface area contributed by atoms with Crippen LogP contribution < -0.4 is 68.6 Å². The summed E-state index contributed by atoms with van der Waals surface area (Å²) in [6.45, 7) is 11.8. The SMILES string of the molecule is N#Cc1ccc(F)cc1.N#Cc1ccc(OC2CCN(Cc3ccncc3)CC2)cc1.O=C(O)c1ccc(OC2CCN(Cc3ccncc3)CC2)cc1.O=C1CCN(Cc2ccncc2)CC1.OC1CCN(Cc2ccncc2)CC1.[H-].[Na+].[Na+].[OH-]. The molecule has 0 aliphatic carbocycles. The maximum Gasteiger partial charge on any atom is 1.00 e. The third-order valence-electron chi connectivity index (χ3n) is 14.3. The molecule has 0 spiro atoms. The standard InChI is InChI=1S/C18H19N3O.C18H20N2O3.C11H16N2O.C11H14N2O.C7H4FN.2Na.H2O.H/c19-13-15-1-3-17(4-2-15)22-18-7-11-21(12-8-18)14-16-5-9-20-10-6-16;21-18(22)15-1-3-16(4-2-15)23-17-7-11-20(12-8-17)13-14-5-9-19-10-6-14;2*14-11-3-7-13(8-4-11)9-10-1-5-12-6-2-10;8-7-3-1-6(5-9)2-4-7;;;;/h1-6,9-10,18H,7-8,11-12,14H2;1-6,9-10,17H,7-8,11-13H2,(H,21,22);1-2,5-6,11,14H,3-4,7-9H2;1-2,5-6H,3-4,7-9H2;1-4H;;;1H2;/q;;;;;2*+1;;-1/p-1. The molecule has 85 heavy (non-hydrogen) atoms. The zero-order valence-corrected chi connectivity index (χ0v) is 52.9. The average molecular weight is 1170 g/mol. The third-order valence-corrected chi connectivity index (χ3v) is 14.3. The summed E-state index contributed by atoms with van der Waals surface area (Å²) < 4.78 is 24.1. The molecule has 0 atom stereocenters. The predicted octanol–water partition coefficient (Wildman–Crippen LogP) is 3.75. The van der Waals surface area contributed by atoms with E-state index in [2.05, 4.69) is 57.7 Å². The first kappa shape index (κ1) is 71.2. The summed E-state index contributed by atoms with van der Waals surface area (Å²) in [4.78, 5) is 47.5. The number of carbonyl (C=O) groups excluding carboxylic acids is 1. The smallest absolute Gasteiger partial charge is 1.00 e. The van der Waals surface area contributed by atoms with Crippen molar-refractivity contribution in [3.8, 4) is 23.6 Å². The van der Waals surface area contributed by atoms with E-state index in [1.54, 1.807) is 36.4 Å². The Morgan fingerprint density at radius 2 is 0.788 bits per heavy atom. The van der Waals surface area contributed by atoms with Gasteiger partial charge in [-0.15, -0.1) is 0 Å². The minimum absolute atomic E-state index is 0. The summed E-state index contributed by atoms with van der Waals surface area (Å²) in [5.74, 6) is 0.764. The number of halogens is 1. The molecule has 4 fully saturated rings. The molecule has 0 saturated carbocycles. The zero-order chi connectivity index (χ0) is 57.6. The van der Waals surface area contributed by atoms with Gasteiger partial charge in [-0.1, -0.05) is 0 Å². The Balaban J connectivity index is 0.000000287. The molecule has 7 aromatic rings. The fourth-order valence-electron chi connectivity index (χ4n) is 9.59. The predicted molar refractivity (Wildman–Crippen MR) is 314 cm³/mol. The number of Topliss-reactive ketones (excluding diaryl/α,β-unsaturated/α-hetero) is 1. The molecule has 20 heteroatoms. The van der Waals surface area contributed by atoms with Gasteiger partial charge in [-0.25, -0.2) is 9.18 Å². The van der Waals surface area contributed by atoms with E-state index in [4.69, 9.17) is 25.1 Å². The minimum atomic E-state index is -0.916. The number of carboxylic acids is 1. The molecule has 8 heterocycles. The van der Waals surface area contributed by atoms with Gasteiger partial charge in [0.15, 0.2) is 0 Å². The zero-order valence-electron chi connectivity index (χ0n) is 49.9. The Morgan fingerprint density at radius 3 is 1.11 bits per heavy atom.